The Hall–Kier alpha value is -3.58. The molecule has 39 heavy (non-hydrogen) atoms. The lowest BCUT2D eigenvalue weighted by Crippen LogP contribution is -2.53. The van der Waals surface area contributed by atoms with Crippen LogP contribution in [0, 0.1) is 11.8 Å². The number of halogens is 3. The van der Waals surface area contributed by atoms with Crippen molar-refractivity contribution >= 4 is 46.0 Å². The van der Waals surface area contributed by atoms with Gasteiger partial charge in [-0.25, -0.2) is 13.8 Å². The Labute approximate surface area is 228 Å². The van der Waals surface area contributed by atoms with Gasteiger partial charge in [-0.05, 0) is 31.2 Å². The maximum absolute atomic E-state index is 14.7. The lowest BCUT2D eigenvalue weighted by atomic mass is 9.84. The van der Waals surface area contributed by atoms with Crippen LogP contribution in [0.4, 0.5) is 26.2 Å². The summed E-state index contributed by atoms with van der Waals surface area (Å²) >= 11 is 6.37. The average Bonchev–Trinajstić information content (AvgIpc) is 2.91. The van der Waals surface area contributed by atoms with E-state index in [4.69, 9.17) is 17.3 Å². The first-order valence-electron chi connectivity index (χ1n) is 12.5. The van der Waals surface area contributed by atoms with Crippen LogP contribution >= 0.6 is 11.6 Å². The molecule has 0 saturated carbocycles. The lowest BCUT2D eigenvalue weighted by molar-refractivity contribution is -0.120. The second-order valence-electron chi connectivity index (χ2n) is 9.69. The van der Waals surface area contributed by atoms with Gasteiger partial charge in [0, 0.05) is 57.7 Å². The van der Waals surface area contributed by atoms with Crippen molar-refractivity contribution in [1.82, 2.24) is 24.4 Å². The molecule has 4 rings (SSSR count). The first kappa shape index (κ1) is 28.4. The molecule has 11 nitrogen and oxygen atoms in total. The lowest BCUT2D eigenvalue weighted by Gasteiger charge is -2.42. The van der Waals surface area contributed by atoms with Crippen molar-refractivity contribution in [2.75, 3.05) is 36.9 Å². The molecule has 1 fully saturated rings. The van der Waals surface area contributed by atoms with Crippen LogP contribution in [0.15, 0.2) is 34.0 Å². The molecule has 14 heteroatoms. The summed E-state index contributed by atoms with van der Waals surface area (Å²) in [5.74, 6) is -4.48. The number of fused-ring (bicyclic) bond motifs is 1. The number of carbonyl (C=O) groups excluding carboxylic acids is 1. The third-order valence-electron chi connectivity index (χ3n) is 7.13. The number of nitrogens with zero attached hydrogens (tertiary/aromatic N) is 5. The van der Waals surface area contributed by atoms with Gasteiger partial charge in [-0.2, -0.15) is 4.98 Å². The van der Waals surface area contributed by atoms with E-state index in [1.165, 1.54) is 36.4 Å². The number of piperidine rings is 1. The van der Waals surface area contributed by atoms with Gasteiger partial charge < -0.3 is 30.4 Å². The van der Waals surface area contributed by atoms with E-state index in [0.29, 0.717) is 16.7 Å². The number of rotatable bonds is 8. The van der Waals surface area contributed by atoms with Gasteiger partial charge in [-0.3, -0.25) is 14.4 Å². The van der Waals surface area contributed by atoms with Gasteiger partial charge in [-0.15, -0.1) is 0 Å². The van der Waals surface area contributed by atoms with E-state index in [-0.39, 0.29) is 61.7 Å². The number of alkyl halides is 2. The fraction of sp³-hybridized carbons (Fsp3) is 0.480. The van der Waals surface area contributed by atoms with Crippen molar-refractivity contribution in [3.63, 3.8) is 0 Å². The first-order chi connectivity index (χ1) is 18.5. The van der Waals surface area contributed by atoms with E-state index in [9.17, 15) is 23.2 Å². The van der Waals surface area contributed by atoms with Gasteiger partial charge >= 0.3 is 11.1 Å². The van der Waals surface area contributed by atoms with E-state index >= 15 is 0 Å². The Balaban J connectivity index is 1.68. The Morgan fingerprint density at radius 1 is 1.23 bits per heavy atom. The minimum atomic E-state index is -2.85. The van der Waals surface area contributed by atoms with Crippen LogP contribution in [-0.4, -0.2) is 57.6 Å². The molecular weight excluding hydrogens is 534 g/mol. The number of anilines is 3. The summed E-state index contributed by atoms with van der Waals surface area (Å²) in [5.41, 5.74) is 5.54. The van der Waals surface area contributed by atoms with Gasteiger partial charge in [0.15, 0.2) is 5.82 Å². The monoisotopic (exact) mass is 564 g/mol. The highest BCUT2D eigenvalue weighted by molar-refractivity contribution is 6.32. The molecule has 0 aliphatic carbocycles. The number of nitrogens with two attached hydrogens (primary N) is 1. The highest BCUT2D eigenvalue weighted by Gasteiger charge is 2.49. The first-order valence-corrected chi connectivity index (χ1v) is 12.9. The van der Waals surface area contributed by atoms with E-state index in [1.807, 2.05) is 0 Å². The summed E-state index contributed by atoms with van der Waals surface area (Å²) in [6.45, 7) is 1.77. The van der Waals surface area contributed by atoms with Crippen LogP contribution in [0.1, 0.15) is 19.8 Å². The molecule has 3 aromatic rings. The Morgan fingerprint density at radius 3 is 2.67 bits per heavy atom. The molecule has 4 N–H and O–H groups in total. The number of aryl methyl sites for hydroxylation is 2. The molecular formula is C25H31ClF2N8O3. The van der Waals surface area contributed by atoms with Crippen molar-refractivity contribution < 1.29 is 13.6 Å². The topological polar surface area (TPSA) is 140 Å². The molecule has 0 radical (unpaired) electrons. The average molecular weight is 565 g/mol. The number of benzene rings is 1. The molecule has 1 aliphatic rings. The predicted octanol–water partition coefficient (Wildman–Crippen LogP) is 2.08. The molecule has 0 bridgehead atoms. The summed E-state index contributed by atoms with van der Waals surface area (Å²) in [4.78, 5) is 47.5. The number of hydrogen-bond donors (Lipinski definition) is 3. The zero-order valence-corrected chi connectivity index (χ0v) is 22.6. The van der Waals surface area contributed by atoms with Crippen LogP contribution in [0.5, 0.6) is 0 Å². The minimum Gasteiger partial charge on any atom is -0.359 e. The zero-order chi connectivity index (χ0) is 28.5. The second kappa shape index (κ2) is 11.3. The van der Waals surface area contributed by atoms with E-state index in [0.717, 1.165) is 0 Å². The molecule has 210 valence electrons. The number of nitrogens with one attached hydrogen (secondary N) is 2. The van der Waals surface area contributed by atoms with E-state index < -0.39 is 28.9 Å². The van der Waals surface area contributed by atoms with Gasteiger partial charge in [0.1, 0.15) is 5.02 Å². The normalized spacial score (nSPS) is 18.8. The van der Waals surface area contributed by atoms with Gasteiger partial charge in [-0.1, -0.05) is 18.5 Å². The summed E-state index contributed by atoms with van der Waals surface area (Å²) in [6.07, 6.45) is 1.58. The molecule has 1 amide bonds. The molecule has 0 unspecified atom stereocenters. The molecule has 1 aromatic carbocycles. The van der Waals surface area contributed by atoms with Crippen LogP contribution in [0.3, 0.4) is 0 Å². The maximum Gasteiger partial charge on any atom is 0.316 e. The SMILES string of the molecule is CNC(=O)CCn1c(=O)c(=O)n(C)c2ccc(Nc3nc(N4C[C@@H](CCN)C(F)(F)[C@@H](C)C4)ncc3Cl)cc21. The van der Waals surface area contributed by atoms with Gasteiger partial charge in [0.05, 0.1) is 17.2 Å². The zero-order valence-electron chi connectivity index (χ0n) is 21.9. The fourth-order valence-electron chi connectivity index (χ4n) is 4.84. The number of amides is 1. The highest BCUT2D eigenvalue weighted by Crippen LogP contribution is 2.40. The highest BCUT2D eigenvalue weighted by atomic mass is 35.5. The standard InChI is InChI=1S/C25H31ClF2N8O3/c1-14-12-35(13-15(6-8-29)25(14,27)28)24-31-11-17(26)21(33-24)32-16-4-5-18-19(10-16)36(9-7-20(37)30-2)23(39)22(38)34(18)3/h4-5,10-11,14-15H,6-9,12-13,29H2,1-3H3,(H,30,37)(H,31,32,33)/t14-,15+/m0/s1. The number of aromatic nitrogens is 4. The summed E-state index contributed by atoms with van der Waals surface area (Å²) in [6, 6.07) is 5.00. The van der Waals surface area contributed by atoms with Crippen molar-refractivity contribution in [2.45, 2.75) is 32.2 Å². The fourth-order valence-corrected chi connectivity index (χ4v) is 4.98. The van der Waals surface area contributed by atoms with Gasteiger partial charge in [0.25, 0.3) is 5.92 Å². The molecule has 3 heterocycles. The Morgan fingerprint density at radius 2 is 1.97 bits per heavy atom. The maximum atomic E-state index is 14.7. The summed E-state index contributed by atoms with van der Waals surface area (Å²) in [5, 5.41) is 5.80. The largest absolute Gasteiger partial charge is 0.359 e. The molecule has 1 aliphatic heterocycles. The Bertz CT molecular complexity index is 1510. The third-order valence-corrected chi connectivity index (χ3v) is 7.41. The van der Waals surface area contributed by atoms with Crippen molar-refractivity contribution in [3.8, 4) is 0 Å². The number of carbonyl (C=O) groups is 1. The van der Waals surface area contributed by atoms with Crippen LogP contribution < -0.4 is 32.4 Å². The van der Waals surface area contributed by atoms with E-state index in [2.05, 4.69) is 20.6 Å². The molecule has 2 aromatic heterocycles. The summed E-state index contributed by atoms with van der Waals surface area (Å²) < 4.78 is 31.9. The molecule has 0 spiro atoms. The van der Waals surface area contributed by atoms with Crippen molar-refractivity contribution in [3.05, 3.63) is 50.1 Å². The Kier molecular flexibility index (Phi) is 8.21. The third kappa shape index (κ3) is 5.59. The van der Waals surface area contributed by atoms with Crippen LogP contribution in [-0.2, 0) is 18.4 Å². The number of hydrogen-bond acceptors (Lipinski definition) is 8. The van der Waals surface area contributed by atoms with Crippen LogP contribution in [0.25, 0.3) is 11.0 Å². The van der Waals surface area contributed by atoms with Crippen molar-refractivity contribution in [1.29, 1.82) is 0 Å². The minimum absolute atomic E-state index is 0.00863. The smallest absolute Gasteiger partial charge is 0.316 e. The molecule has 1 saturated heterocycles. The van der Waals surface area contributed by atoms with Crippen LogP contribution in [0.2, 0.25) is 5.02 Å². The van der Waals surface area contributed by atoms with E-state index in [1.54, 1.807) is 23.1 Å². The predicted molar refractivity (Wildman–Crippen MR) is 146 cm³/mol. The second-order valence-corrected chi connectivity index (χ2v) is 10.1. The quantitative estimate of drug-likeness (QED) is 0.353. The summed E-state index contributed by atoms with van der Waals surface area (Å²) in [7, 11) is 2.99. The molecule has 2 atom stereocenters. The van der Waals surface area contributed by atoms with Gasteiger partial charge in [0.2, 0.25) is 11.9 Å². The van der Waals surface area contributed by atoms with Crippen molar-refractivity contribution in [2.24, 2.45) is 24.6 Å².